The summed E-state index contributed by atoms with van der Waals surface area (Å²) in [7, 11) is 0. The van der Waals surface area contributed by atoms with Gasteiger partial charge in [0.15, 0.2) is 29.0 Å². The molecule has 14 nitrogen and oxygen atoms in total. The Balaban J connectivity index is 0.939. The number of ketones is 1. The smallest absolute Gasteiger partial charge is 0.394 e. The molecule has 0 radical (unpaired) electrons. The molecule has 9 N–H and O–H groups in total. The summed E-state index contributed by atoms with van der Waals surface area (Å²) in [6.07, 6.45) is -4.63. The molecular weight excluding hydrogens is 790 g/mol. The van der Waals surface area contributed by atoms with E-state index in [1.807, 2.05) is 0 Å². The van der Waals surface area contributed by atoms with Gasteiger partial charge in [-0.15, -0.1) is 11.3 Å². The highest BCUT2D eigenvalue weighted by molar-refractivity contribution is 7.20. The van der Waals surface area contributed by atoms with Crippen molar-refractivity contribution in [1.82, 2.24) is 24.8 Å². The lowest BCUT2D eigenvalue weighted by atomic mass is 9.92. The summed E-state index contributed by atoms with van der Waals surface area (Å²) in [6, 6.07) is 19.8. The van der Waals surface area contributed by atoms with E-state index >= 15 is 0 Å². The van der Waals surface area contributed by atoms with Crippen LogP contribution in [0.15, 0.2) is 85.2 Å². The average Bonchev–Trinajstić information content (AvgIpc) is 3.90. The van der Waals surface area contributed by atoms with Crippen LogP contribution in [0.1, 0.15) is 63.8 Å². The lowest BCUT2D eigenvalue weighted by molar-refractivity contribution is -0.137. The minimum Gasteiger partial charge on any atom is -0.394 e. The lowest BCUT2D eigenvalue weighted by Crippen LogP contribution is -2.33. The molecule has 18 heteroatoms. The molecule has 1 aliphatic heterocycles. The number of nitrogens with two attached hydrogens (primary N) is 2. The van der Waals surface area contributed by atoms with Crippen molar-refractivity contribution in [2.75, 3.05) is 36.5 Å². The van der Waals surface area contributed by atoms with E-state index in [-0.39, 0.29) is 28.0 Å². The monoisotopic (exact) mass is 830 g/mol. The molecule has 1 saturated heterocycles. The van der Waals surface area contributed by atoms with E-state index < -0.39 is 48.7 Å². The number of aliphatic hydroxyl groups is 3. The van der Waals surface area contributed by atoms with Gasteiger partial charge >= 0.3 is 6.18 Å². The lowest BCUT2D eigenvalue weighted by Gasteiger charge is -2.16. The zero-order valence-electron chi connectivity index (χ0n) is 31.4. The normalized spacial score (nSPS) is 18.0. The van der Waals surface area contributed by atoms with Gasteiger partial charge in [-0.2, -0.15) is 23.1 Å². The van der Waals surface area contributed by atoms with Crippen molar-refractivity contribution in [3.05, 3.63) is 107 Å². The number of thiophene rings is 1. The summed E-state index contributed by atoms with van der Waals surface area (Å²) in [4.78, 5) is 40.1. The van der Waals surface area contributed by atoms with Gasteiger partial charge in [-0.05, 0) is 48.2 Å². The van der Waals surface area contributed by atoms with Crippen molar-refractivity contribution in [2.45, 2.75) is 56.4 Å². The van der Waals surface area contributed by atoms with Gasteiger partial charge in [0.05, 0.1) is 29.1 Å². The van der Waals surface area contributed by atoms with Crippen LogP contribution >= 0.6 is 11.3 Å². The van der Waals surface area contributed by atoms with Gasteiger partial charge in [0.25, 0.3) is 5.91 Å². The van der Waals surface area contributed by atoms with Gasteiger partial charge in [-0.1, -0.05) is 67.4 Å². The standard InChI is InChI=1S/C41H41F3N8O6S/c42-41(43,44)26-12-8-11-25(19-26)28-29(31(54)22-9-4-3-5-10-22)35(45)59-34(28)23-13-15-24(16-14-23)38(57)48-18-7-2-1-6-17-47-36-30-37(51-40(46)50-36)52(21-49-30)39-33(56)32(55)27(20-53)58-39/h3-5,8-16,19,21,27,32-33,39,53,55-56H,1-2,6-7,17-18,20,45H2,(H,48,57)(H3,46,47,50,51)/t27-,32-,33-,39-/m1/s1. The Labute approximate surface area is 339 Å². The number of anilines is 3. The second-order valence-electron chi connectivity index (χ2n) is 14.0. The largest absolute Gasteiger partial charge is 0.416 e. The third kappa shape index (κ3) is 8.76. The number of amides is 1. The first kappa shape index (κ1) is 41.2. The Hall–Kier alpha value is -5.92. The van der Waals surface area contributed by atoms with E-state index in [4.69, 9.17) is 16.2 Å². The van der Waals surface area contributed by atoms with Gasteiger partial charge < -0.3 is 42.2 Å². The highest BCUT2D eigenvalue weighted by Crippen LogP contribution is 2.47. The fourth-order valence-electron chi connectivity index (χ4n) is 6.98. The Morgan fingerprint density at radius 2 is 1.59 bits per heavy atom. The fourth-order valence-corrected chi connectivity index (χ4v) is 8.07. The quantitative estimate of drug-likeness (QED) is 0.0493. The van der Waals surface area contributed by atoms with Gasteiger partial charge in [-0.3, -0.25) is 14.2 Å². The molecule has 4 atom stereocenters. The second-order valence-corrected chi connectivity index (χ2v) is 15.0. The topological polar surface area (TPSA) is 224 Å². The highest BCUT2D eigenvalue weighted by atomic mass is 32.1. The maximum Gasteiger partial charge on any atom is 0.416 e. The van der Waals surface area contributed by atoms with Gasteiger partial charge in [-0.25, -0.2) is 4.98 Å². The number of unbranched alkanes of at least 4 members (excludes halogenated alkanes) is 3. The number of hydrogen-bond acceptors (Lipinski definition) is 13. The molecule has 0 unspecified atom stereocenters. The number of ether oxygens (including phenoxy) is 1. The number of benzene rings is 3. The predicted octanol–water partition coefficient (Wildman–Crippen LogP) is 5.65. The highest BCUT2D eigenvalue weighted by Gasteiger charge is 2.44. The third-order valence-corrected chi connectivity index (χ3v) is 11.1. The molecule has 3 aromatic carbocycles. The molecule has 308 valence electrons. The summed E-state index contributed by atoms with van der Waals surface area (Å²) >= 11 is 1.10. The molecule has 3 aromatic heterocycles. The average molecular weight is 831 g/mol. The molecule has 0 aliphatic carbocycles. The zero-order chi connectivity index (χ0) is 41.8. The minimum absolute atomic E-state index is 0.0283. The van der Waals surface area contributed by atoms with Crippen LogP contribution in [0.3, 0.4) is 0 Å². The van der Waals surface area contributed by atoms with Crippen molar-refractivity contribution in [3.8, 4) is 21.6 Å². The van der Waals surface area contributed by atoms with Crippen LogP contribution in [0.2, 0.25) is 0 Å². The summed E-state index contributed by atoms with van der Waals surface area (Å²) < 4.78 is 48.3. The van der Waals surface area contributed by atoms with Gasteiger partial charge in [0.2, 0.25) is 5.95 Å². The van der Waals surface area contributed by atoms with Crippen molar-refractivity contribution >= 4 is 51.0 Å². The van der Waals surface area contributed by atoms with Crippen LogP contribution in [0, 0.1) is 0 Å². The Morgan fingerprint density at radius 1 is 0.864 bits per heavy atom. The van der Waals surface area contributed by atoms with E-state index in [9.17, 15) is 38.1 Å². The van der Waals surface area contributed by atoms with Gasteiger partial charge in [0.1, 0.15) is 18.3 Å². The molecule has 0 spiro atoms. The van der Waals surface area contributed by atoms with Crippen LogP contribution in [0.4, 0.5) is 29.9 Å². The van der Waals surface area contributed by atoms with E-state index in [1.54, 1.807) is 54.6 Å². The summed E-state index contributed by atoms with van der Waals surface area (Å²) in [5.41, 5.74) is 14.1. The number of hydrogen-bond donors (Lipinski definition) is 7. The molecule has 59 heavy (non-hydrogen) atoms. The Morgan fingerprint density at radius 3 is 2.29 bits per heavy atom. The molecule has 7 rings (SSSR count). The van der Waals surface area contributed by atoms with Crippen molar-refractivity contribution in [3.63, 3.8) is 0 Å². The molecule has 1 amide bonds. The molecule has 0 bridgehead atoms. The number of imidazole rings is 1. The zero-order valence-corrected chi connectivity index (χ0v) is 32.2. The maximum absolute atomic E-state index is 13.8. The van der Waals surface area contributed by atoms with Crippen LogP contribution in [0.5, 0.6) is 0 Å². The molecule has 1 aliphatic rings. The number of halogens is 3. The van der Waals surface area contributed by atoms with Gasteiger partial charge in [0, 0.05) is 34.7 Å². The van der Waals surface area contributed by atoms with E-state index in [0.717, 1.165) is 49.2 Å². The molecule has 0 saturated carbocycles. The molecular formula is C41H41F3N8O6S. The molecule has 1 fully saturated rings. The number of rotatable bonds is 15. The van der Waals surface area contributed by atoms with Crippen molar-refractivity contribution in [2.24, 2.45) is 0 Å². The first-order valence-corrected chi connectivity index (χ1v) is 19.6. The minimum atomic E-state index is -4.60. The second kappa shape index (κ2) is 17.5. The number of carbonyl (C=O) groups is 2. The maximum atomic E-state index is 13.8. The first-order valence-electron chi connectivity index (χ1n) is 18.8. The number of alkyl halides is 3. The van der Waals surface area contributed by atoms with Crippen LogP contribution in [-0.4, -0.2) is 84.5 Å². The number of fused-ring (bicyclic) bond motifs is 1. The van der Waals surface area contributed by atoms with E-state index in [0.29, 0.717) is 57.2 Å². The number of nitrogen functional groups attached to an aromatic ring is 2. The van der Waals surface area contributed by atoms with E-state index in [1.165, 1.54) is 23.0 Å². The summed E-state index contributed by atoms with van der Waals surface area (Å²) in [5, 5.41) is 36.4. The fraction of sp³-hybridized carbons (Fsp3) is 0.293. The van der Waals surface area contributed by atoms with Crippen molar-refractivity contribution in [1.29, 1.82) is 0 Å². The number of carbonyl (C=O) groups excluding carboxylic acids is 2. The Kier molecular flexibility index (Phi) is 12.2. The van der Waals surface area contributed by atoms with Crippen molar-refractivity contribution < 1.29 is 42.8 Å². The number of aliphatic hydroxyl groups excluding tert-OH is 3. The van der Waals surface area contributed by atoms with Crippen LogP contribution in [-0.2, 0) is 10.9 Å². The summed E-state index contributed by atoms with van der Waals surface area (Å²) in [6.45, 7) is 0.501. The SMILES string of the molecule is Nc1nc(NCCCCCCNC(=O)c2ccc(-c3sc(N)c(C(=O)c4ccccc4)c3-c3cccc(C(F)(F)F)c3)cc2)c2ncn([C@@H]3O[C@H](CO)[C@@H](O)[C@H]3O)c2n1. The number of nitrogens with one attached hydrogen (secondary N) is 2. The predicted molar refractivity (Wildman–Crippen MR) is 217 cm³/mol. The molecule has 4 heterocycles. The number of nitrogens with zero attached hydrogens (tertiary/aromatic N) is 4. The third-order valence-electron chi connectivity index (χ3n) is 10.00. The molecule has 6 aromatic rings. The number of aromatic nitrogens is 4. The van der Waals surface area contributed by atoms with Crippen LogP contribution in [0.25, 0.3) is 32.7 Å². The Bertz CT molecular complexity index is 2440. The summed E-state index contributed by atoms with van der Waals surface area (Å²) in [5.74, 6) is -0.334. The van der Waals surface area contributed by atoms with E-state index in [2.05, 4.69) is 25.6 Å². The first-order chi connectivity index (χ1) is 28.3. The van der Waals surface area contributed by atoms with Crippen LogP contribution < -0.4 is 22.1 Å².